The van der Waals surface area contributed by atoms with Crippen LogP contribution < -0.4 is 10.2 Å². The SMILES string of the molecule is CCN(c1ccc(NC(=O)COC(=O)c2c(Cl)cccc2Cl)cc1)C(C)C. The fraction of sp³-hybridized carbons (Fsp3) is 0.300. The van der Waals surface area contributed by atoms with Crippen LogP contribution in [0.4, 0.5) is 11.4 Å². The molecule has 0 unspecified atom stereocenters. The minimum Gasteiger partial charge on any atom is -0.452 e. The van der Waals surface area contributed by atoms with E-state index in [-0.39, 0.29) is 15.6 Å². The highest BCUT2D eigenvalue weighted by molar-refractivity contribution is 6.39. The minimum absolute atomic E-state index is 0.0475. The lowest BCUT2D eigenvalue weighted by molar-refractivity contribution is -0.119. The second-order valence-electron chi connectivity index (χ2n) is 6.15. The monoisotopic (exact) mass is 408 g/mol. The van der Waals surface area contributed by atoms with Crippen molar-refractivity contribution in [2.45, 2.75) is 26.8 Å². The highest BCUT2D eigenvalue weighted by atomic mass is 35.5. The zero-order valence-corrected chi connectivity index (χ0v) is 17.0. The van der Waals surface area contributed by atoms with Gasteiger partial charge in [0.25, 0.3) is 5.91 Å². The number of hydrogen-bond acceptors (Lipinski definition) is 4. The summed E-state index contributed by atoms with van der Waals surface area (Å²) in [6, 6.07) is 12.6. The fourth-order valence-corrected chi connectivity index (χ4v) is 3.23. The van der Waals surface area contributed by atoms with Crippen LogP contribution in [-0.4, -0.2) is 31.1 Å². The average molecular weight is 409 g/mol. The number of carbonyl (C=O) groups excluding carboxylic acids is 2. The summed E-state index contributed by atoms with van der Waals surface area (Å²) < 4.78 is 5.01. The topological polar surface area (TPSA) is 58.6 Å². The lowest BCUT2D eigenvalue weighted by Crippen LogP contribution is -2.30. The molecule has 0 spiro atoms. The number of carbonyl (C=O) groups is 2. The first-order chi connectivity index (χ1) is 12.8. The van der Waals surface area contributed by atoms with Crippen molar-refractivity contribution in [2.24, 2.45) is 0 Å². The van der Waals surface area contributed by atoms with Gasteiger partial charge < -0.3 is 15.0 Å². The van der Waals surface area contributed by atoms with Crippen LogP contribution in [0.1, 0.15) is 31.1 Å². The molecule has 0 radical (unpaired) electrons. The van der Waals surface area contributed by atoms with Crippen LogP contribution >= 0.6 is 23.2 Å². The maximum absolute atomic E-state index is 12.1. The molecule has 2 aromatic rings. The predicted molar refractivity (Wildman–Crippen MR) is 110 cm³/mol. The molecule has 0 aliphatic heterocycles. The number of rotatable bonds is 7. The molecule has 0 aromatic heterocycles. The molecule has 2 aromatic carbocycles. The van der Waals surface area contributed by atoms with Gasteiger partial charge in [-0.25, -0.2) is 4.79 Å². The van der Waals surface area contributed by atoms with E-state index in [1.807, 2.05) is 24.3 Å². The van der Waals surface area contributed by atoms with Crippen molar-refractivity contribution in [3.63, 3.8) is 0 Å². The van der Waals surface area contributed by atoms with Crippen LogP contribution in [0.2, 0.25) is 10.0 Å². The molecule has 144 valence electrons. The van der Waals surface area contributed by atoms with Crippen molar-refractivity contribution in [1.82, 2.24) is 0 Å². The molecular weight excluding hydrogens is 387 g/mol. The Morgan fingerprint density at radius 2 is 1.67 bits per heavy atom. The van der Waals surface area contributed by atoms with Crippen molar-refractivity contribution < 1.29 is 14.3 Å². The molecule has 0 fully saturated rings. The zero-order valence-electron chi connectivity index (χ0n) is 15.5. The van der Waals surface area contributed by atoms with E-state index in [0.717, 1.165) is 12.2 Å². The number of anilines is 2. The molecule has 0 heterocycles. The number of hydrogen-bond donors (Lipinski definition) is 1. The van der Waals surface area contributed by atoms with Crippen molar-refractivity contribution in [1.29, 1.82) is 0 Å². The predicted octanol–water partition coefficient (Wildman–Crippen LogP) is 5.02. The van der Waals surface area contributed by atoms with Crippen LogP contribution in [0, 0.1) is 0 Å². The molecule has 0 saturated carbocycles. The summed E-state index contributed by atoms with van der Waals surface area (Å²) in [6.45, 7) is 6.80. The Morgan fingerprint density at radius 1 is 1.07 bits per heavy atom. The van der Waals surface area contributed by atoms with Gasteiger partial charge in [-0.3, -0.25) is 4.79 Å². The van der Waals surface area contributed by atoms with Gasteiger partial charge in [-0.1, -0.05) is 29.3 Å². The second-order valence-corrected chi connectivity index (χ2v) is 6.96. The lowest BCUT2D eigenvalue weighted by Gasteiger charge is -2.27. The smallest absolute Gasteiger partial charge is 0.341 e. The summed E-state index contributed by atoms with van der Waals surface area (Å²) >= 11 is 11.9. The fourth-order valence-electron chi connectivity index (χ4n) is 2.68. The first-order valence-electron chi connectivity index (χ1n) is 8.61. The number of ether oxygens (including phenoxy) is 1. The van der Waals surface area contributed by atoms with Crippen LogP contribution in [0.3, 0.4) is 0 Å². The molecule has 5 nitrogen and oxygen atoms in total. The zero-order chi connectivity index (χ0) is 20.0. The average Bonchev–Trinajstić information content (AvgIpc) is 2.61. The molecule has 2 rings (SSSR count). The molecule has 0 saturated heterocycles. The standard InChI is InChI=1S/C20H22Cl2N2O3/c1-4-24(13(2)3)15-10-8-14(9-11-15)23-18(25)12-27-20(26)19-16(21)6-5-7-17(19)22/h5-11,13H,4,12H2,1-3H3,(H,23,25). The van der Waals surface area contributed by atoms with Crippen molar-refractivity contribution >= 4 is 46.5 Å². The highest BCUT2D eigenvalue weighted by Crippen LogP contribution is 2.25. The van der Waals surface area contributed by atoms with Crippen LogP contribution in [0.5, 0.6) is 0 Å². The largest absolute Gasteiger partial charge is 0.452 e. The van der Waals surface area contributed by atoms with Gasteiger partial charge in [0.05, 0.1) is 15.6 Å². The van der Waals surface area contributed by atoms with Gasteiger partial charge in [0, 0.05) is 24.0 Å². The summed E-state index contributed by atoms with van der Waals surface area (Å²) in [5.41, 5.74) is 1.74. The molecule has 0 aliphatic rings. The molecular formula is C20H22Cl2N2O3. The number of nitrogens with one attached hydrogen (secondary N) is 1. The molecule has 1 N–H and O–H groups in total. The van der Waals surface area contributed by atoms with Gasteiger partial charge in [0.15, 0.2) is 6.61 Å². The molecule has 0 bridgehead atoms. The second kappa shape index (κ2) is 9.62. The highest BCUT2D eigenvalue weighted by Gasteiger charge is 2.17. The van der Waals surface area contributed by atoms with E-state index in [2.05, 4.69) is 31.0 Å². The summed E-state index contributed by atoms with van der Waals surface area (Å²) in [6.07, 6.45) is 0. The third-order valence-electron chi connectivity index (χ3n) is 3.95. The summed E-state index contributed by atoms with van der Waals surface area (Å²) in [5.74, 6) is -1.19. The van der Waals surface area contributed by atoms with Crippen LogP contribution in [0.15, 0.2) is 42.5 Å². The van der Waals surface area contributed by atoms with Gasteiger partial charge in [-0.15, -0.1) is 0 Å². The van der Waals surface area contributed by atoms with Crippen LogP contribution in [-0.2, 0) is 9.53 Å². The van der Waals surface area contributed by atoms with E-state index in [0.29, 0.717) is 11.7 Å². The van der Waals surface area contributed by atoms with Gasteiger partial charge in [0.2, 0.25) is 0 Å². The molecule has 0 atom stereocenters. The van der Waals surface area contributed by atoms with Crippen LogP contribution in [0.25, 0.3) is 0 Å². The van der Waals surface area contributed by atoms with E-state index in [9.17, 15) is 9.59 Å². The van der Waals surface area contributed by atoms with Crippen molar-refractivity contribution in [2.75, 3.05) is 23.4 Å². The number of halogens is 2. The minimum atomic E-state index is -0.744. The summed E-state index contributed by atoms with van der Waals surface area (Å²) in [4.78, 5) is 26.4. The summed E-state index contributed by atoms with van der Waals surface area (Å²) in [7, 11) is 0. The van der Waals surface area contributed by atoms with Crippen molar-refractivity contribution in [3.8, 4) is 0 Å². The Morgan fingerprint density at radius 3 is 2.19 bits per heavy atom. The van der Waals surface area contributed by atoms with Gasteiger partial charge in [-0.2, -0.15) is 0 Å². The molecule has 0 aliphatic carbocycles. The first kappa shape index (κ1) is 21.1. The Balaban J connectivity index is 1.93. The van der Waals surface area contributed by atoms with E-state index in [1.165, 1.54) is 12.1 Å². The first-order valence-corrected chi connectivity index (χ1v) is 9.36. The van der Waals surface area contributed by atoms with Crippen molar-refractivity contribution in [3.05, 3.63) is 58.1 Å². The number of amides is 1. The Hall–Kier alpha value is -2.24. The van der Waals surface area contributed by atoms with E-state index < -0.39 is 18.5 Å². The van der Waals surface area contributed by atoms with E-state index in [4.69, 9.17) is 27.9 Å². The number of esters is 1. The number of benzene rings is 2. The van der Waals surface area contributed by atoms with E-state index in [1.54, 1.807) is 6.07 Å². The third-order valence-corrected chi connectivity index (χ3v) is 4.58. The maximum atomic E-state index is 12.1. The Labute approximate surface area is 169 Å². The quantitative estimate of drug-likeness (QED) is 0.653. The molecule has 1 amide bonds. The lowest BCUT2D eigenvalue weighted by atomic mass is 10.2. The molecule has 7 heteroatoms. The van der Waals surface area contributed by atoms with Gasteiger partial charge in [0.1, 0.15) is 0 Å². The molecule has 27 heavy (non-hydrogen) atoms. The van der Waals surface area contributed by atoms with Gasteiger partial charge in [-0.05, 0) is 57.2 Å². The summed E-state index contributed by atoms with van der Waals surface area (Å²) in [5, 5.41) is 3.04. The Bertz CT molecular complexity index is 787. The maximum Gasteiger partial charge on any atom is 0.341 e. The van der Waals surface area contributed by atoms with Gasteiger partial charge >= 0.3 is 5.97 Å². The van der Waals surface area contributed by atoms with E-state index >= 15 is 0 Å². The third kappa shape index (κ3) is 5.62. The normalized spacial score (nSPS) is 10.6. The number of nitrogens with zero attached hydrogens (tertiary/aromatic N) is 1. The Kier molecular flexibility index (Phi) is 7.51.